The van der Waals surface area contributed by atoms with Crippen LogP contribution in [-0.4, -0.2) is 33.5 Å². The van der Waals surface area contributed by atoms with E-state index in [1.54, 1.807) is 0 Å². The number of aromatic hydroxyl groups is 1. The van der Waals surface area contributed by atoms with Gasteiger partial charge in [0.25, 0.3) is 0 Å². The fourth-order valence-electron chi connectivity index (χ4n) is 3.04. The highest BCUT2D eigenvalue weighted by Gasteiger charge is 2.29. The molecule has 1 aliphatic carbocycles. The summed E-state index contributed by atoms with van der Waals surface area (Å²) in [6, 6.07) is 11.6. The van der Waals surface area contributed by atoms with Gasteiger partial charge in [-0.05, 0) is 48.6 Å². The summed E-state index contributed by atoms with van der Waals surface area (Å²) in [5, 5.41) is 10.3. The first-order valence-electron chi connectivity index (χ1n) is 10.3. The van der Waals surface area contributed by atoms with Crippen molar-refractivity contribution >= 4 is 17.4 Å². The van der Waals surface area contributed by atoms with Crippen molar-refractivity contribution in [2.45, 2.75) is 45.1 Å². The van der Waals surface area contributed by atoms with Gasteiger partial charge in [-0.15, -0.1) is 0 Å². The smallest absolute Gasteiger partial charge is 0.424 e. The van der Waals surface area contributed by atoms with E-state index < -0.39 is 11.0 Å². The number of nitrogens with zero attached hydrogens (tertiary/aromatic N) is 2. The van der Waals surface area contributed by atoms with E-state index in [1.165, 1.54) is 5.56 Å². The van der Waals surface area contributed by atoms with Gasteiger partial charge in [-0.3, -0.25) is 9.78 Å². The quantitative estimate of drug-likeness (QED) is 0.571. The summed E-state index contributed by atoms with van der Waals surface area (Å²) in [4.78, 5) is 28.5. The molecule has 31 heavy (non-hydrogen) atoms. The molecule has 0 spiro atoms. The molecular formula is C23H24N2O5S. The van der Waals surface area contributed by atoms with E-state index in [0.29, 0.717) is 22.5 Å². The summed E-state index contributed by atoms with van der Waals surface area (Å²) in [6.07, 6.45) is 4.58. The third-order valence-corrected chi connectivity index (χ3v) is 5.97. The largest absolute Gasteiger partial charge is 0.493 e. The molecule has 7 nitrogen and oxygen atoms in total. The number of hydrogen-bond donors (Lipinski definition) is 1. The summed E-state index contributed by atoms with van der Waals surface area (Å²) in [7, 11) is 0. The van der Waals surface area contributed by atoms with Crippen molar-refractivity contribution < 1.29 is 19.4 Å². The zero-order valence-electron chi connectivity index (χ0n) is 17.2. The van der Waals surface area contributed by atoms with E-state index in [-0.39, 0.29) is 12.0 Å². The highest BCUT2D eigenvalue weighted by atomic mass is 32.1. The number of hydrogen-bond acceptors (Lipinski definition) is 7. The number of benzene rings is 1. The van der Waals surface area contributed by atoms with Crippen molar-refractivity contribution in [3.63, 3.8) is 0 Å². The molecule has 1 fully saturated rings. The number of aromatic nitrogens is 2. The molecule has 0 aliphatic heterocycles. The molecule has 1 saturated carbocycles. The molecule has 8 heteroatoms. The molecule has 0 bridgehead atoms. The van der Waals surface area contributed by atoms with E-state index in [2.05, 4.69) is 18.0 Å². The molecule has 0 saturated heterocycles. The van der Waals surface area contributed by atoms with Crippen molar-refractivity contribution in [1.82, 2.24) is 9.55 Å². The van der Waals surface area contributed by atoms with Crippen LogP contribution in [0.1, 0.15) is 41.5 Å². The first-order valence-corrected chi connectivity index (χ1v) is 11.2. The molecule has 0 radical (unpaired) electrons. The predicted molar refractivity (Wildman–Crippen MR) is 117 cm³/mol. The summed E-state index contributed by atoms with van der Waals surface area (Å²) >= 11 is 0.848. The first kappa shape index (κ1) is 21.1. The van der Waals surface area contributed by atoms with E-state index in [1.807, 2.05) is 36.5 Å². The molecule has 1 aliphatic rings. The number of carbonyl (C=O) groups is 1. The maximum absolute atomic E-state index is 12.1. The molecule has 0 atom stereocenters. The standard InChI is InChI=1S/C23H24N2O5S/c1-2-15-3-6-17(24-14-15)11-12-29-18-7-4-16(5-8-18)13-20-21(26)25(23(28)31-20)22(27)30-19-9-10-19/h3-8,14,19,26H,2,9-13H2,1H3. The lowest BCUT2D eigenvalue weighted by molar-refractivity contribution is 0.137. The van der Waals surface area contributed by atoms with Gasteiger partial charge in [-0.1, -0.05) is 36.5 Å². The lowest BCUT2D eigenvalue weighted by Crippen LogP contribution is -2.23. The fourth-order valence-corrected chi connectivity index (χ4v) is 3.92. The molecule has 3 aromatic rings. The zero-order valence-corrected chi connectivity index (χ0v) is 18.1. The van der Waals surface area contributed by atoms with E-state index in [4.69, 9.17) is 9.47 Å². The van der Waals surface area contributed by atoms with Crippen LogP contribution in [0.15, 0.2) is 47.4 Å². The maximum atomic E-state index is 12.1. The van der Waals surface area contributed by atoms with Gasteiger partial charge in [0.15, 0.2) is 0 Å². The van der Waals surface area contributed by atoms with Gasteiger partial charge in [0.2, 0.25) is 5.88 Å². The second kappa shape index (κ2) is 9.34. The molecule has 0 amide bonds. The van der Waals surface area contributed by atoms with Crippen LogP contribution in [-0.2, 0) is 24.0 Å². The first-order chi connectivity index (χ1) is 15.0. The van der Waals surface area contributed by atoms with Gasteiger partial charge < -0.3 is 14.6 Å². The Morgan fingerprint density at radius 1 is 1.19 bits per heavy atom. The van der Waals surface area contributed by atoms with Crippen molar-refractivity contribution in [2.24, 2.45) is 0 Å². The van der Waals surface area contributed by atoms with Crippen molar-refractivity contribution in [2.75, 3.05) is 6.61 Å². The van der Waals surface area contributed by atoms with Gasteiger partial charge in [0.1, 0.15) is 11.9 Å². The number of carbonyl (C=O) groups excluding carboxylic acids is 1. The lowest BCUT2D eigenvalue weighted by atomic mass is 10.1. The molecule has 0 unspecified atom stereocenters. The predicted octanol–water partition coefficient (Wildman–Crippen LogP) is 3.93. The molecule has 1 aromatic carbocycles. The molecule has 2 heterocycles. The molecule has 1 N–H and O–H groups in total. The minimum absolute atomic E-state index is 0.138. The Bertz CT molecular complexity index is 1100. The normalized spacial score (nSPS) is 13.2. The number of pyridine rings is 1. The molecule has 4 rings (SSSR count). The average Bonchev–Trinajstić information content (AvgIpc) is 3.54. The number of ether oxygens (including phenoxy) is 2. The third kappa shape index (κ3) is 5.32. The van der Waals surface area contributed by atoms with Crippen LogP contribution in [0.25, 0.3) is 0 Å². The average molecular weight is 441 g/mol. The molecular weight excluding hydrogens is 416 g/mol. The number of aryl methyl sites for hydroxylation is 1. The van der Waals surface area contributed by atoms with E-state index in [9.17, 15) is 14.7 Å². The van der Waals surface area contributed by atoms with Crippen LogP contribution < -0.4 is 9.61 Å². The SMILES string of the molecule is CCc1ccc(CCOc2ccc(Cc3sc(=O)n(C(=O)OC4CC4)c3O)cc2)nc1. The van der Waals surface area contributed by atoms with Crippen LogP contribution in [0, 0.1) is 0 Å². The number of thiazole rings is 1. The highest BCUT2D eigenvalue weighted by Crippen LogP contribution is 2.27. The minimum atomic E-state index is -0.810. The fraction of sp³-hybridized carbons (Fsp3) is 0.348. The van der Waals surface area contributed by atoms with Crippen LogP contribution >= 0.6 is 11.3 Å². The minimum Gasteiger partial charge on any atom is -0.493 e. The monoisotopic (exact) mass is 440 g/mol. The zero-order chi connectivity index (χ0) is 21.8. The van der Waals surface area contributed by atoms with Crippen molar-refractivity contribution in [3.8, 4) is 11.6 Å². The van der Waals surface area contributed by atoms with Gasteiger partial charge in [0.05, 0.1) is 11.5 Å². The van der Waals surface area contributed by atoms with Crippen LogP contribution in [0.3, 0.4) is 0 Å². The Morgan fingerprint density at radius 2 is 1.94 bits per heavy atom. The van der Waals surface area contributed by atoms with Crippen molar-refractivity contribution in [3.05, 3.63) is 74.0 Å². The molecule has 2 aromatic heterocycles. The van der Waals surface area contributed by atoms with E-state index >= 15 is 0 Å². The summed E-state index contributed by atoms with van der Waals surface area (Å²) in [5.74, 6) is 0.388. The molecule has 162 valence electrons. The van der Waals surface area contributed by atoms with Crippen LogP contribution in [0.4, 0.5) is 4.79 Å². The summed E-state index contributed by atoms with van der Waals surface area (Å²) < 4.78 is 11.6. The summed E-state index contributed by atoms with van der Waals surface area (Å²) in [5.41, 5.74) is 3.10. The summed E-state index contributed by atoms with van der Waals surface area (Å²) in [6.45, 7) is 2.62. The highest BCUT2D eigenvalue weighted by molar-refractivity contribution is 7.09. The Labute approximate surface area is 183 Å². The maximum Gasteiger partial charge on any atom is 0.424 e. The van der Waals surface area contributed by atoms with Gasteiger partial charge in [-0.2, -0.15) is 4.57 Å². The van der Waals surface area contributed by atoms with E-state index in [0.717, 1.165) is 54.0 Å². The Morgan fingerprint density at radius 3 is 2.58 bits per heavy atom. The topological polar surface area (TPSA) is 90.7 Å². The van der Waals surface area contributed by atoms with Crippen LogP contribution in [0.2, 0.25) is 0 Å². The van der Waals surface area contributed by atoms with Crippen LogP contribution in [0.5, 0.6) is 11.6 Å². The Balaban J connectivity index is 1.33. The van der Waals surface area contributed by atoms with Gasteiger partial charge in [0, 0.05) is 24.7 Å². The van der Waals surface area contributed by atoms with Crippen molar-refractivity contribution in [1.29, 1.82) is 0 Å². The second-order valence-corrected chi connectivity index (χ2v) is 8.51. The lowest BCUT2D eigenvalue weighted by Gasteiger charge is -2.08. The van der Waals surface area contributed by atoms with Gasteiger partial charge >= 0.3 is 11.0 Å². The Hall–Kier alpha value is -3.13. The Kier molecular flexibility index (Phi) is 6.36. The van der Waals surface area contributed by atoms with Gasteiger partial charge in [-0.25, -0.2) is 4.79 Å². The third-order valence-electron chi connectivity index (χ3n) is 5.04. The number of rotatable bonds is 8. The second-order valence-electron chi connectivity index (χ2n) is 7.46.